The summed E-state index contributed by atoms with van der Waals surface area (Å²) in [5, 5.41) is 2.27. The lowest BCUT2D eigenvalue weighted by atomic mass is 10.2. The van der Waals surface area contributed by atoms with E-state index in [0.29, 0.717) is 0 Å². The molecule has 0 heterocycles. The van der Waals surface area contributed by atoms with E-state index in [9.17, 15) is 9.59 Å². The van der Waals surface area contributed by atoms with Gasteiger partial charge in [0.2, 0.25) is 0 Å². The summed E-state index contributed by atoms with van der Waals surface area (Å²) in [7, 11) is 0. The third kappa shape index (κ3) is 7.55. The molecule has 5 heteroatoms. The first-order valence-electron chi connectivity index (χ1n) is 5.63. The van der Waals surface area contributed by atoms with Crippen LogP contribution in [0.15, 0.2) is 0 Å². The molecular weight excluding hydrogens is 234 g/mol. The van der Waals surface area contributed by atoms with Gasteiger partial charge in [0.1, 0.15) is 11.2 Å². The number of alkyl carbamates (subject to hydrolysis) is 1. The molecule has 1 N–H and O–H groups in total. The summed E-state index contributed by atoms with van der Waals surface area (Å²) >= 11 is 0. The monoisotopic (exact) mass is 255 g/mol. The molecule has 1 amide bonds. The number of rotatable bonds is 2. The van der Waals surface area contributed by atoms with Crippen molar-refractivity contribution in [2.24, 2.45) is 0 Å². The third-order valence-corrected chi connectivity index (χ3v) is 1.47. The maximum atomic E-state index is 11.7. The number of hydrogen-bond acceptors (Lipinski definition) is 4. The van der Waals surface area contributed by atoms with Gasteiger partial charge in [-0.1, -0.05) is 5.92 Å². The average Bonchev–Trinajstić information content (AvgIpc) is 2.07. The second-order valence-electron chi connectivity index (χ2n) is 5.78. The van der Waals surface area contributed by atoms with Crippen LogP contribution in [0.1, 0.15) is 41.5 Å². The summed E-state index contributed by atoms with van der Waals surface area (Å²) < 4.78 is 10.1. The van der Waals surface area contributed by atoms with Crippen molar-refractivity contribution in [3.05, 3.63) is 0 Å². The normalized spacial score (nSPS) is 13.2. The van der Waals surface area contributed by atoms with Crippen LogP contribution < -0.4 is 5.32 Å². The fourth-order valence-corrected chi connectivity index (χ4v) is 0.955. The summed E-state index contributed by atoms with van der Waals surface area (Å²) in [6, 6.07) is -1.15. The Labute approximate surface area is 108 Å². The number of nitrogens with one attached hydrogen (secondary N) is 1. The van der Waals surface area contributed by atoms with E-state index in [-0.39, 0.29) is 0 Å². The Morgan fingerprint density at radius 1 is 1.06 bits per heavy atom. The van der Waals surface area contributed by atoms with E-state index in [1.54, 1.807) is 41.5 Å². The molecule has 102 valence electrons. The summed E-state index contributed by atoms with van der Waals surface area (Å²) in [5.74, 6) is 1.47. The Morgan fingerprint density at radius 3 is 1.83 bits per heavy atom. The van der Waals surface area contributed by atoms with Crippen molar-refractivity contribution in [1.29, 1.82) is 0 Å². The Bertz CT molecular complexity index is 355. The largest absolute Gasteiger partial charge is 0.458 e. The van der Waals surface area contributed by atoms with Gasteiger partial charge in [-0.3, -0.25) is 5.32 Å². The van der Waals surface area contributed by atoms with Gasteiger partial charge in [0.15, 0.2) is 6.04 Å². The van der Waals surface area contributed by atoms with Crippen LogP contribution in [-0.4, -0.2) is 29.3 Å². The Hall–Kier alpha value is -1.70. The number of ether oxygens (including phenoxy) is 2. The van der Waals surface area contributed by atoms with E-state index >= 15 is 0 Å². The number of carbonyl (C=O) groups excluding carboxylic acids is 2. The zero-order valence-corrected chi connectivity index (χ0v) is 11.8. The van der Waals surface area contributed by atoms with Crippen molar-refractivity contribution in [2.75, 3.05) is 0 Å². The molecule has 0 aliphatic carbocycles. The molecule has 0 saturated carbocycles. The minimum absolute atomic E-state index is 0.656. The van der Waals surface area contributed by atoms with Gasteiger partial charge in [-0.2, -0.15) is 0 Å². The molecule has 0 aromatic heterocycles. The van der Waals surface area contributed by atoms with Crippen molar-refractivity contribution < 1.29 is 19.1 Å². The molecule has 1 unspecified atom stereocenters. The van der Waals surface area contributed by atoms with Gasteiger partial charge in [-0.15, -0.1) is 6.42 Å². The molecule has 0 aromatic rings. The molecule has 1 atom stereocenters. The van der Waals surface area contributed by atoms with Crippen LogP contribution in [0.5, 0.6) is 0 Å². The number of amides is 1. The minimum Gasteiger partial charge on any atom is -0.458 e. The maximum absolute atomic E-state index is 11.7. The molecule has 0 saturated heterocycles. The van der Waals surface area contributed by atoms with Crippen molar-refractivity contribution in [3.8, 4) is 12.3 Å². The molecule has 0 fully saturated rings. The van der Waals surface area contributed by atoms with Crippen molar-refractivity contribution in [2.45, 2.75) is 58.8 Å². The van der Waals surface area contributed by atoms with Crippen LogP contribution in [0.3, 0.4) is 0 Å². The number of esters is 1. The second kappa shape index (κ2) is 5.76. The number of terminal acetylenes is 1. The fourth-order valence-electron chi connectivity index (χ4n) is 0.955. The lowest BCUT2D eigenvalue weighted by Gasteiger charge is -2.24. The van der Waals surface area contributed by atoms with Crippen LogP contribution >= 0.6 is 0 Å². The third-order valence-electron chi connectivity index (χ3n) is 1.47. The highest BCUT2D eigenvalue weighted by molar-refractivity contribution is 5.84. The van der Waals surface area contributed by atoms with E-state index in [2.05, 4.69) is 11.2 Å². The first-order chi connectivity index (χ1) is 7.94. The van der Waals surface area contributed by atoms with Crippen molar-refractivity contribution in [3.63, 3.8) is 0 Å². The van der Waals surface area contributed by atoms with Crippen molar-refractivity contribution >= 4 is 12.1 Å². The average molecular weight is 255 g/mol. The summed E-state index contributed by atoms with van der Waals surface area (Å²) in [6.07, 6.45) is 4.43. The molecule has 0 spiro atoms. The smallest absolute Gasteiger partial charge is 0.409 e. The SMILES string of the molecule is C#CC(NC(=O)OC(C)(C)C)C(=O)OC(C)(C)C. The predicted molar refractivity (Wildman–Crippen MR) is 67.8 cm³/mol. The first-order valence-corrected chi connectivity index (χ1v) is 5.63. The van der Waals surface area contributed by atoms with Gasteiger partial charge >= 0.3 is 12.1 Å². The van der Waals surface area contributed by atoms with Gasteiger partial charge in [0.25, 0.3) is 0 Å². The Morgan fingerprint density at radius 2 is 1.50 bits per heavy atom. The van der Waals surface area contributed by atoms with Crippen molar-refractivity contribution in [1.82, 2.24) is 5.32 Å². The fraction of sp³-hybridized carbons (Fsp3) is 0.692. The van der Waals surface area contributed by atoms with E-state index < -0.39 is 29.3 Å². The summed E-state index contributed by atoms with van der Waals surface area (Å²) in [4.78, 5) is 23.1. The molecule has 0 radical (unpaired) electrons. The molecule has 0 aromatic carbocycles. The highest BCUT2D eigenvalue weighted by Crippen LogP contribution is 2.09. The number of hydrogen-bond donors (Lipinski definition) is 1. The van der Waals surface area contributed by atoms with Gasteiger partial charge in [-0.25, -0.2) is 9.59 Å². The second-order valence-corrected chi connectivity index (χ2v) is 5.78. The van der Waals surface area contributed by atoms with E-state index in [1.165, 1.54) is 0 Å². The topological polar surface area (TPSA) is 64.6 Å². The molecule has 0 rings (SSSR count). The minimum atomic E-state index is -1.15. The van der Waals surface area contributed by atoms with Crippen LogP contribution in [0.2, 0.25) is 0 Å². The zero-order valence-electron chi connectivity index (χ0n) is 11.8. The van der Waals surface area contributed by atoms with Crippen LogP contribution in [0.25, 0.3) is 0 Å². The van der Waals surface area contributed by atoms with Gasteiger partial charge in [-0.05, 0) is 41.5 Å². The van der Waals surface area contributed by atoms with Gasteiger partial charge in [0.05, 0.1) is 0 Å². The van der Waals surface area contributed by atoms with Gasteiger partial charge in [0, 0.05) is 0 Å². The first kappa shape index (κ1) is 16.3. The quantitative estimate of drug-likeness (QED) is 0.604. The lowest BCUT2D eigenvalue weighted by Crippen LogP contribution is -2.45. The molecule has 0 aliphatic rings. The molecule has 5 nitrogen and oxygen atoms in total. The highest BCUT2D eigenvalue weighted by Gasteiger charge is 2.26. The maximum Gasteiger partial charge on any atom is 0.409 e. The molecule has 18 heavy (non-hydrogen) atoms. The predicted octanol–water partition coefficient (Wildman–Crippen LogP) is 1.85. The summed E-state index contributed by atoms with van der Waals surface area (Å²) in [5.41, 5.74) is -1.32. The molecule has 0 aliphatic heterocycles. The number of carbonyl (C=O) groups is 2. The van der Waals surface area contributed by atoms with Crippen LogP contribution in [0, 0.1) is 12.3 Å². The van der Waals surface area contributed by atoms with E-state index in [4.69, 9.17) is 15.9 Å². The molecular formula is C13H21NO4. The standard InChI is InChI=1S/C13H21NO4/c1-8-9(10(15)17-12(2,3)4)14-11(16)18-13(5,6)7/h1,9H,2-7H3,(H,14,16). The van der Waals surface area contributed by atoms with Crippen LogP contribution in [-0.2, 0) is 14.3 Å². The van der Waals surface area contributed by atoms with Gasteiger partial charge < -0.3 is 9.47 Å². The Balaban J connectivity index is 4.50. The van der Waals surface area contributed by atoms with Crippen LogP contribution in [0.4, 0.5) is 4.79 Å². The van der Waals surface area contributed by atoms with E-state index in [1.807, 2.05) is 0 Å². The zero-order chi connectivity index (χ0) is 14.6. The highest BCUT2D eigenvalue weighted by atomic mass is 16.6. The summed E-state index contributed by atoms with van der Waals surface area (Å²) in [6.45, 7) is 10.3. The Kier molecular flexibility index (Phi) is 5.22. The molecule has 0 bridgehead atoms. The lowest BCUT2D eigenvalue weighted by molar-refractivity contribution is -0.155. The van der Waals surface area contributed by atoms with E-state index in [0.717, 1.165) is 0 Å².